The highest BCUT2D eigenvalue weighted by molar-refractivity contribution is 6.30. The molecule has 0 spiro atoms. The van der Waals surface area contributed by atoms with Crippen LogP contribution in [-0.4, -0.2) is 18.3 Å². The molecule has 0 saturated carbocycles. The van der Waals surface area contributed by atoms with Crippen LogP contribution in [0.5, 0.6) is 0 Å². The van der Waals surface area contributed by atoms with Crippen LogP contribution in [0, 0.1) is 0 Å². The van der Waals surface area contributed by atoms with E-state index >= 15 is 0 Å². The summed E-state index contributed by atoms with van der Waals surface area (Å²) in [5, 5.41) is 3.45. The van der Waals surface area contributed by atoms with Crippen molar-refractivity contribution in [1.82, 2.24) is 5.32 Å². The van der Waals surface area contributed by atoms with Crippen molar-refractivity contribution in [2.24, 2.45) is 0 Å². The molecule has 0 bridgehead atoms. The van der Waals surface area contributed by atoms with Crippen LogP contribution in [0.25, 0.3) is 0 Å². The molecule has 1 aromatic carbocycles. The Morgan fingerprint density at radius 3 is 2.47 bits per heavy atom. The Labute approximate surface area is 99.6 Å². The van der Waals surface area contributed by atoms with Crippen LogP contribution < -0.4 is 5.32 Å². The number of hydrogen-bond donors (Lipinski definition) is 1. The molecule has 0 aliphatic carbocycles. The monoisotopic (exact) mass is 245 g/mol. The summed E-state index contributed by atoms with van der Waals surface area (Å²) in [7, 11) is 0. The topological polar surface area (TPSA) is 29.1 Å². The SMILES string of the molecule is O=C(NCCCCCl)c1ccc(Cl)cc1. The van der Waals surface area contributed by atoms with Crippen LogP contribution in [-0.2, 0) is 0 Å². The van der Waals surface area contributed by atoms with Gasteiger partial charge in [-0.05, 0) is 37.1 Å². The minimum atomic E-state index is -0.0683. The molecule has 1 amide bonds. The van der Waals surface area contributed by atoms with E-state index in [1.54, 1.807) is 24.3 Å². The van der Waals surface area contributed by atoms with Gasteiger partial charge < -0.3 is 5.32 Å². The summed E-state index contributed by atoms with van der Waals surface area (Å²) in [4.78, 5) is 11.5. The second-order valence-corrected chi connectivity index (χ2v) is 3.97. The van der Waals surface area contributed by atoms with Crippen molar-refractivity contribution in [3.05, 3.63) is 34.9 Å². The largest absolute Gasteiger partial charge is 0.352 e. The van der Waals surface area contributed by atoms with Gasteiger partial charge in [0.25, 0.3) is 5.91 Å². The number of amides is 1. The van der Waals surface area contributed by atoms with E-state index in [2.05, 4.69) is 5.32 Å². The summed E-state index contributed by atoms with van der Waals surface area (Å²) in [6.45, 7) is 0.661. The molecular formula is C11H13Cl2NO. The number of hydrogen-bond acceptors (Lipinski definition) is 1. The number of carbonyl (C=O) groups excluding carboxylic acids is 1. The Hall–Kier alpha value is -0.730. The number of halogens is 2. The maximum Gasteiger partial charge on any atom is 0.251 e. The first-order valence-corrected chi connectivity index (χ1v) is 5.75. The second-order valence-electron chi connectivity index (χ2n) is 3.16. The van der Waals surface area contributed by atoms with E-state index in [0.29, 0.717) is 23.0 Å². The summed E-state index contributed by atoms with van der Waals surface area (Å²) in [5.74, 6) is 0.567. The van der Waals surface area contributed by atoms with Gasteiger partial charge in [-0.25, -0.2) is 0 Å². The number of unbranched alkanes of at least 4 members (excludes halogenated alkanes) is 1. The van der Waals surface area contributed by atoms with Gasteiger partial charge in [0.1, 0.15) is 0 Å². The van der Waals surface area contributed by atoms with E-state index in [9.17, 15) is 4.79 Å². The molecule has 0 radical (unpaired) electrons. The fourth-order valence-corrected chi connectivity index (χ4v) is 1.44. The molecule has 4 heteroatoms. The van der Waals surface area contributed by atoms with Gasteiger partial charge in [-0.3, -0.25) is 4.79 Å². The molecule has 0 unspecified atom stereocenters. The van der Waals surface area contributed by atoms with Crippen molar-refractivity contribution in [2.75, 3.05) is 12.4 Å². The Kier molecular flexibility index (Phi) is 5.51. The van der Waals surface area contributed by atoms with E-state index in [-0.39, 0.29) is 5.91 Å². The van der Waals surface area contributed by atoms with Crippen LogP contribution in [0.15, 0.2) is 24.3 Å². The molecule has 2 nitrogen and oxygen atoms in total. The summed E-state index contributed by atoms with van der Waals surface area (Å²) >= 11 is 11.2. The van der Waals surface area contributed by atoms with Gasteiger partial charge in [0.2, 0.25) is 0 Å². The van der Waals surface area contributed by atoms with E-state index < -0.39 is 0 Å². The highest BCUT2D eigenvalue weighted by Crippen LogP contribution is 2.09. The summed E-state index contributed by atoms with van der Waals surface area (Å²) in [5.41, 5.74) is 0.630. The highest BCUT2D eigenvalue weighted by atomic mass is 35.5. The predicted molar refractivity (Wildman–Crippen MR) is 63.7 cm³/mol. The number of nitrogens with one attached hydrogen (secondary N) is 1. The lowest BCUT2D eigenvalue weighted by Gasteiger charge is -2.04. The van der Waals surface area contributed by atoms with Gasteiger partial charge >= 0.3 is 0 Å². The molecule has 1 N–H and O–H groups in total. The maximum absolute atomic E-state index is 11.5. The van der Waals surface area contributed by atoms with Crippen molar-refractivity contribution in [1.29, 1.82) is 0 Å². The lowest BCUT2D eigenvalue weighted by atomic mass is 10.2. The molecule has 1 aromatic rings. The average Bonchev–Trinajstić information content (AvgIpc) is 2.25. The zero-order valence-corrected chi connectivity index (χ0v) is 9.81. The second kappa shape index (κ2) is 6.70. The fourth-order valence-electron chi connectivity index (χ4n) is 1.12. The number of alkyl halides is 1. The Morgan fingerprint density at radius 2 is 1.87 bits per heavy atom. The molecule has 0 heterocycles. The average molecular weight is 246 g/mol. The third-order valence-corrected chi connectivity index (χ3v) is 2.47. The first-order valence-electron chi connectivity index (χ1n) is 4.84. The minimum Gasteiger partial charge on any atom is -0.352 e. The molecular weight excluding hydrogens is 233 g/mol. The summed E-state index contributed by atoms with van der Waals surface area (Å²) < 4.78 is 0. The van der Waals surface area contributed by atoms with E-state index in [0.717, 1.165) is 12.8 Å². The van der Waals surface area contributed by atoms with Crippen molar-refractivity contribution in [2.45, 2.75) is 12.8 Å². The number of rotatable bonds is 5. The molecule has 1 rings (SSSR count). The van der Waals surface area contributed by atoms with Crippen LogP contribution in [0.2, 0.25) is 5.02 Å². The van der Waals surface area contributed by atoms with Gasteiger partial charge in [-0.2, -0.15) is 0 Å². The lowest BCUT2D eigenvalue weighted by molar-refractivity contribution is 0.0953. The summed E-state index contributed by atoms with van der Waals surface area (Å²) in [6, 6.07) is 6.82. The first-order chi connectivity index (χ1) is 7.24. The molecule has 82 valence electrons. The molecule has 0 aliphatic heterocycles. The standard InChI is InChI=1S/C11H13Cl2NO/c12-7-1-2-8-14-11(15)9-3-5-10(13)6-4-9/h3-6H,1-2,7-8H2,(H,14,15). The van der Waals surface area contributed by atoms with Crippen molar-refractivity contribution in [3.8, 4) is 0 Å². The smallest absolute Gasteiger partial charge is 0.251 e. The van der Waals surface area contributed by atoms with Crippen LogP contribution in [0.4, 0.5) is 0 Å². The van der Waals surface area contributed by atoms with Crippen molar-refractivity contribution in [3.63, 3.8) is 0 Å². The van der Waals surface area contributed by atoms with E-state index in [1.807, 2.05) is 0 Å². The molecule has 0 fully saturated rings. The van der Waals surface area contributed by atoms with E-state index in [4.69, 9.17) is 23.2 Å². The Morgan fingerprint density at radius 1 is 1.20 bits per heavy atom. The highest BCUT2D eigenvalue weighted by Gasteiger charge is 2.03. The molecule has 15 heavy (non-hydrogen) atoms. The molecule has 0 aliphatic rings. The Balaban J connectivity index is 2.37. The van der Waals surface area contributed by atoms with Gasteiger partial charge in [0.05, 0.1) is 0 Å². The Bertz CT molecular complexity index is 311. The third kappa shape index (κ3) is 4.54. The molecule has 0 atom stereocenters. The van der Waals surface area contributed by atoms with Gasteiger partial charge in [0.15, 0.2) is 0 Å². The summed E-state index contributed by atoms with van der Waals surface area (Å²) in [6.07, 6.45) is 1.82. The van der Waals surface area contributed by atoms with Crippen LogP contribution >= 0.6 is 23.2 Å². The molecule has 0 aromatic heterocycles. The van der Waals surface area contributed by atoms with Crippen LogP contribution in [0.1, 0.15) is 23.2 Å². The van der Waals surface area contributed by atoms with E-state index in [1.165, 1.54) is 0 Å². The quantitative estimate of drug-likeness (QED) is 0.627. The molecule has 0 saturated heterocycles. The van der Waals surface area contributed by atoms with Gasteiger partial charge in [0, 0.05) is 23.0 Å². The van der Waals surface area contributed by atoms with Gasteiger partial charge in [-0.1, -0.05) is 11.6 Å². The van der Waals surface area contributed by atoms with Gasteiger partial charge in [-0.15, -0.1) is 11.6 Å². The lowest BCUT2D eigenvalue weighted by Crippen LogP contribution is -2.24. The normalized spacial score (nSPS) is 10.0. The van der Waals surface area contributed by atoms with Crippen LogP contribution in [0.3, 0.4) is 0 Å². The van der Waals surface area contributed by atoms with Crippen molar-refractivity contribution >= 4 is 29.1 Å². The van der Waals surface area contributed by atoms with Crippen molar-refractivity contribution < 1.29 is 4.79 Å². The number of carbonyl (C=O) groups is 1. The minimum absolute atomic E-state index is 0.0683. The fraction of sp³-hybridized carbons (Fsp3) is 0.364. The predicted octanol–water partition coefficient (Wildman–Crippen LogP) is 3.09. The maximum atomic E-state index is 11.5. The third-order valence-electron chi connectivity index (χ3n) is 1.95. The zero-order chi connectivity index (χ0) is 11.1. The first kappa shape index (κ1) is 12.3. The number of benzene rings is 1. The zero-order valence-electron chi connectivity index (χ0n) is 8.30.